The summed E-state index contributed by atoms with van der Waals surface area (Å²) < 4.78 is 43.6. The molecule has 0 fully saturated rings. The molecule has 1 N–H and O–H groups in total. The van der Waals surface area contributed by atoms with Crippen molar-refractivity contribution in [1.82, 2.24) is 4.57 Å². The number of para-hydroxylation sites is 1. The Morgan fingerprint density at radius 2 is 1.68 bits per heavy atom. The molecular formula is C25H25NO2. The van der Waals surface area contributed by atoms with Gasteiger partial charge in [0.05, 0.1) is 6.85 Å². The van der Waals surface area contributed by atoms with Crippen molar-refractivity contribution >= 4 is 27.5 Å². The van der Waals surface area contributed by atoms with Crippen molar-refractivity contribution < 1.29 is 16.8 Å². The highest BCUT2D eigenvalue weighted by Crippen LogP contribution is 2.27. The van der Waals surface area contributed by atoms with Gasteiger partial charge in [0, 0.05) is 41.4 Å². The summed E-state index contributed by atoms with van der Waals surface area (Å²) in [6, 6.07) is 11.5. The van der Waals surface area contributed by atoms with E-state index >= 15 is 0 Å². The van der Waals surface area contributed by atoms with E-state index in [2.05, 4.69) is 0 Å². The average Bonchev–Trinajstić information content (AvgIpc) is 3.12. The first-order chi connectivity index (χ1) is 15.9. The second-order valence-electron chi connectivity index (χ2n) is 6.86. The predicted octanol–water partition coefficient (Wildman–Crippen LogP) is 5.58. The second kappa shape index (κ2) is 8.41. The third kappa shape index (κ3) is 3.58. The van der Waals surface area contributed by atoms with Crippen LogP contribution in [0.15, 0.2) is 72.8 Å². The number of aromatic nitrogens is 1. The Morgan fingerprint density at radius 1 is 0.893 bits per heavy atom. The molecule has 0 spiro atoms. The first-order valence-corrected chi connectivity index (χ1v) is 9.61. The summed E-state index contributed by atoms with van der Waals surface area (Å²) in [6.07, 6.45) is 2.88. The highest BCUT2D eigenvalue weighted by molar-refractivity contribution is 6.21. The van der Waals surface area contributed by atoms with Gasteiger partial charge < -0.3 is 9.67 Å². The molecule has 0 bridgehead atoms. The number of aryl methyl sites for hydroxylation is 1. The summed E-state index contributed by atoms with van der Waals surface area (Å²) in [6.45, 7) is 0.471. The Balaban J connectivity index is 1.92. The number of carbonyl (C=O) groups is 1. The average molecular weight is 377 g/mol. The number of rotatable bonds is 8. The van der Waals surface area contributed by atoms with Crippen molar-refractivity contribution in [3.05, 3.63) is 83.9 Å². The van der Waals surface area contributed by atoms with Gasteiger partial charge in [0.2, 0.25) is 0 Å². The van der Waals surface area contributed by atoms with Crippen LogP contribution in [0.25, 0.3) is 21.7 Å². The molecule has 0 aliphatic carbocycles. The Morgan fingerprint density at radius 3 is 2.57 bits per heavy atom. The van der Waals surface area contributed by atoms with E-state index in [1.165, 1.54) is 4.57 Å². The van der Waals surface area contributed by atoms with Gasteiger partial charge in [0.1, 0.15) is 0 Å². The standard InChI is InChI=1S/C25H25NO2/c27-17-8-2-1-7-16-26-18-23(21-13-5-6-15-24(21)26)25(28)22-14-9-11-19-10-3-4-12-20(19)22/h3-6,9-15,18,27H,1-2,7-8,16-17H2/i5D,6D,13D,15D,18D. The Labute approximate surface area is 172 Å². The molecule has 4 aromatic rings. The molecule has 0 saturated heterocycles. The maximum atomic E-state index is 13.8. The van der Waals surface area contributed by atoms with Crippen LogP contribution in [0, 0.1) is 0 Å². The number of aliphatic hydroxyl groups excluding tert-OH is 1. The quantitative estimate of drug-likeness (QED) is 0.322. The molecule has 0 amide bonds. The SMILES string of the molecule is [2H]c1c([2H])c([2H])c2c(c1[2H])c(C(=O)c1cccc3ccccc13)c([2H])n2CCCCCCO. The normalized spacial score (nSPS) is 13.8. The van der Waals surface area contributed by atoms with Gasteiger partial charge >= 0.3 is 0 Å². The number of fused-ring (bicyclic) bond motifs is 2. The number of hydrogen-bond acceptors (Lipinski definition) is 2. The number of hydrogen-bond donors (Lipinski definition) is 1. The summed E-state index contributed by atoms with van der Waals surface area (Å²) in [5, 5.41) is 10.7. The van der Waals surface area contributed by atoms with E-state index < -0.39 is 11.8 Å². The zero-order chi connectivity index (χ0) is 23.7. The van der Waals surface area contributed by atoms with Crippen molar-refractivity contribution in [2.24, 2.45) is 0 Å². The van der Waals surface area contributed by atoms with Crippen LogP contribution in [0.4, 0.5) is 0 Å². The van der Waals surface area contributed by atoms with Crippen molar-refractivity contribution in [1.29, 1.82) is 0 Å². The van der Waals surface area contributed by atoms with Gasteiger partial charge in [-0.25, -0.2) is 0 Å². The van der Waals surface area contributed by atoms with E-state index in [4.69, 9.17) is 12.0 Å². The minimum Gasteiger partial charge on any atom is -0.396 e. The Bertz CT molecular complexity index is 1360. The summed E-state index contributed by atoms with van der Waals surface area (Å²) >= 11 is 0. The summed E-state index contributed by atoms with van der Waals surface area (Å²) in [5.41, 5.74) is 0.594. The van der Waals surface area contributed by atoms with E-state index in [0.717, 1.165) is 23.6 Å². The third-order valence-corrected chi connectivity index (χ3v) is 4.99. The lowest BCUT2D eigenvalue weighted by Gasteiger charge is -2.05. The van der Waals surface area contributed by atoms with E-state index in [9.17, 15) is 4.79 Å². The fourth-order valence-electron chi connectivity index (χ4n) is 3.56. The maximum Gasteiger partial charge on any atom is 0.195 e. The highest BCUT2D eigenvalue weighted by Gasteiger charge is 2.18. The number of unbranched alkanes of at least 4 members (excludes halogenated alkanes) is 3. The van der Waals surface area contributed by atoms with Crippen LogP contribution in [-0.2, 0) is 6.54 Å². The van der Waals surface area contributed by atoms with Gasteiger partial charge in [0.25, 0.3) is 0 Å². The first-order valence-electron chi connectivity index (χ1n) is 12.1. The van der Waals surface area contributed by atoms with E-state index in [1.54, 1.807) is 12.1 Å². The molecule has 3 nitrogen and oxygen atoms in total. The second-order valence-corrected chi connectivity index (χ2v) is 6.86. The fourth-order valence-corrected chi connectivity index (χ4v) is 3.56. The Hall–Kier alpha value is -2.91. The monoisotopic (exact) mass is 376 g/mol. The van der Waals surface area contributed by atoms with Crippen LogP contribution in [0.3, 0.4) is 0 Å². The summed E-state index contributed by atoms with van der Waals surface area (Å²) in [5.74, 6) is -0.425. The van der Waals surface area contributed by atoms with Crippen LogP contribution >= 0.6 is 0 Å². The molecule has 1 heterocycles. The minimum atomic E-state index is -0.425. The number of benzene rings is 3. The molecule has 0 unspecified atom stereocenters. The molecule has 142 valence electrons. The lowest BCUT2D eigenvalue weighted by molar-refractivity contribution is 0.104. The van der Waals surface area contributed by atoms with Gasteiger partial charge in [-0.05, 0) is 29.7 Å². The molecule has 28 heavy (non-hydrogen) atoms. The Kier molecular flexibility index (Phi) is 3.99. The molecule has 0 aliphatic rings. The molecule has 0 atom stereocenters. The third-order valence-electron chi connectivity index (χ3n) is 4.99. The van der Waals surface area contributed by atoms with E-state index in [1.807, 2.05) is 30.3 Å². The van der Waals surface area contributed by atoms with E-state index in [0.29, 0.717) is 24.9 Å². The number of carbonyl (C=O) groups excluding carboxylic acids is 1. The topological polar surface area (TPSA) is 42.2 Å². The highest BCUT2D eigenvalue weighted by atomic mass is 16.2. The van der Waals surface area contributed by atoms with Crippen LogP contribution in [0.5, 0.6) is 0 Å². The maximum absolute atomic E-state index is 13.8. The molecule has 4 rings (SSSR count). The van der Waals surface area contributed by atoms with Crippen LogP contribution in [0.2, 0.25) is 0 Å². The first kappa shape index (κ1) is 13.3. The molecule has 0 saturated carbocycles. The zero-order valence-electron chi connectivity index (χ0n) is 20.6. The van der Waals surface area contributed by atoms with Crippen molar-refractivity contribution in [2.75, 3.05) is 6.61 Å². The predicted molar refractivity (Wildman–Crippen MR) is 115 cm³/mol. The lowest BCUT2D eigenvalue weighted by atomic mass is 9.97. The zero-order valence-corrected chi connectivity index (χ0v) is 15.6. The summed E-state index contributed by atoms with van der Waals surface area (Å²) in [4.78, 5) is 13.8. The van der Waals surface area contributed by atoms with Crippen molar-refractivity contribution in [2.45, 2.75) is 32.2 Å². The van der Waals surface area contributed by atoms with Gasteiger partial charge in [-0.3, -0.25) is 4.79 Å². The largest absolute Gasteiger partial charge is 0.396 e. The lowest BCUT2D eigenvalue weighted by Crippen LogP contribution is -2.02. The molecule has 0 aliphatic heterocycles. The minimum absolute atomic E-state index is 0.00344. The van der Waals surface area contributed by atoms with Crippen LogP contribution in [-0.4, -0.2) is 22.1 Å². The van der Waals surface area contributed by atoms with Crippen molar-refractivity contribution in [3.63, 3.8) is 0 Å². The van der Waals surface area contributed by atoms with Gasteiger partial charge in [0.15, 0.2) is 5.78 Å². The van der Waals surface area contributed by atoms with Gasteiger partial charge in [-0.15, -0.1) is 0 Å². The van der Waals surface area contributed by atoms with Crippen molar-refractivity contribution in [3.8, 4) is 0 Å². The molecule has 3 heteroatoms. The molecular weight excluding hydrogens is 346 g/mol. The summed E-state index contributed by atoms with van der Waals surface area (Å²) in [7, 11) is 0. The van der Waals surface area contributed by atoms with Crippen LogP contribution in [0.1, 0.15) is 48.5 Å². The fraction of sp³-hybridized carbons (Fsp3) is 0.240. The molecule has 1 aromatic heterocycles. The molecule has 3 aromatic carbocycles. The van der Waals surface area contributed by atoms with Gasteiger partial charge in [-0.2, -0.15) is 0 Å². The number of nitrogens with zero attached hydrogens (tertiary/aromatic N) is 1. The van der Waals surface area contributed by atoms with Gasteiger partial charge in [-0.1, -0.05) is 73.4 Å². The smallest absolute Gasteiger partial charge is 0.195 e. The molecule has 0 radical (unpaired) electrons. The number of aliphatic hydroxyl groups is 1. The van der Waals surface area contributed by atoms with Crippen LogP contribution < -0.4 is 0 Å². The van der Waals surface area contributed by atoms with E-state index in [-0.39, 0.29) is 47.4 Å². The number of ketones is 1.